The van der Waals surface area contributed by atoms with Crippen molar-refractivity contribution in [3.05, 3.63) is 65.2 Å². The largest absolute Gasteiger partial charge is 0.396 e. The molecule has 0 bridgehead atoms. The zero-order chi connectivity index (χ0) is 15.1. The van der Waals surface area contributed by atoms with Crippen LogP contribution in [0.4, 0.5) is 5.69 Å². The molecule has 2 aromatic rings. The molecule has 0 heterocycles. The molecular weight excluding hydrogens is 258 g/mol. The Hall–Kier alpha value is -1.80. The Morgan fingerprint density at radius 3 is 2.52 bits per heavy atom. The standard InChI is InChI=1S/C19H25NO/c1-3-19(17-11-9-15(2)10-12-17)20-18-8-4-6-16(14-18)7-5-13-21/h4,6,8-12,14,19-21H,3,5,7,13H2,1-2H3. The van der Waals surface area contributed by atoms with E-state index in [4.69, 9.17) is 5.11 Å². The molecule has 0 fully saturated rings. The molecule has 0 aromatic heterocycles. The smallest absolute Gasteiger partial charge is 0.0511 e. The quantitative estimate of drug-likeness (QED) is 0.785. The molecule has 1 unspecified atom stereocenters. The lowest BCUT2D eigenvalue weighted by atomic mass is 10.0. The van der Waals surface area contributed by atoms with Crippen LogP contribution in [0.25, 0.3) is 0 Å². The molecule has 1 atom stereocenters. The Kier molecular flexibility index (Phi) is 5.82. The van der Waals surface area contributed by atoms with Gasteiger partial charge in [0, 0.05) is 12.3 Å². The first kappa shape index (κ1) is 15.6. The molecule has 2 rings (SSSR count). The van der Waals surface area contributed by atoms with Crippen LogP contribution >= 0.6 is 0 Å². The molecule has 2 nitrogen and oxygen atoms in total. The number of rotatable bonds is 7. The molecular formula is C19H25NO. The Morgan fingerprint density at radius 2 is 1.86 bits per heavy atom. The van der Waals surface area contributed by atoms with Crippen molar-refractivity contribution in [1.29, 1.82) is 0 Å². The lowest BCUT2D eigenvalue weighted by molar-refractivity contribution is 0.288. The highest BCUT2D eigenvalue weighted by molar-refractivity contribution is 5.48. The lowest BCUT2D eigenvalue weighted by Crippen LogP contribution is -2.09. The summed E-state index contributed by atoms with van der Waals surface area (Å²) in [6.07, 6.45) is 2.79. The molecule has 0 saturated heterocycles. The second-order valence-electron chi connectivity index (χ2n) is 5.54. The predicted octanol–water partition coefficient (Wildman–Crippen LogP) is 4.48. The molecule has 0 saturated carbocycles. The molecule has 2 heteroatoms. The molecule has 0 aliphatic rings. The summed E-state index contributed by atoms with van der Waals surface area (Å²) in [5.74, 6) is 0. The van der Waals surface area contributed by atoms with Crippen molar-refractivity contribution in [2.75, 3.05) is 11.9 Å². The summed E-state index contributed by atoms with van der Waals surface area (Å²) in [7, 11) is 0. The van der Waals surface area contributed by atoms with Gasteiger partial charge in [0.2, 0.25) is 0 Å². The van der Waals surface area contributed by atoms with E-state index in [0.717, 1.165) is 24.9 Å². The minimum atomic E-state index is 0.249. The summed E-state index contributed by atoms with van der Waals surface area (Å²) < 4.78 is 0. The number of hydrogen-bond donors (Lipinski definition) is 2. The third-order valence-corrected chi connectivity index (χ3v) is 3.78. The number of aliphatic hydroxyl groups is 1. The average molecular weight is 283 g/mol. The van der Waals surface area contributed by atoms with Gasteiger partial charge in [-0.05, 0) is 49.4 Å². The van der Waals surface area contributed by atoms with Crippen molar-refractivity contribution in [3.63, 3.8) is 0 Å². The van der Waals surface area contributed by atoms with Crippen LogP contribution in [0, 0.1) is 6.92 Å². The van der Waals surface area contributed by atoms with Crippen molar-refractivity contribution >= 4 is 5.69 Å². The monoisotopic (exact) mass is 283 g/mol. The van der Waals surface area contributed by atoms with Crippen LogP contribution < -0.4 is 5.32 Å². The van der Waals surface area contributed by atoms with Crippen molar-refractivity contribution in [2.45, 2.75) is 39.2 Å². The van der Waals surface area contributed by atoms with Crippen LogP contribution in [0.2, 0.25) is 0 Å². The van der Waals surface area contributed by atoms with Gasteiger partial charge in [-0.1, -0.05) is 48.9 Å². The fourth-order valence-corrected chi connectivity index (χ4v) is 2.52. The first-order chi connectivity index (χ1) is 10.2. The van der Waals surface area contributed by atoms with E-state index in [2.05, 4.69) is 67.7 Å². The first-order valence-corrected chi connectivity index (χ1v) is 7.76. The second kappa shape index (κ2) is 7.84. The zero-order valence-electron chi connectivity index (χ0n) is 13.0. The molecule has 2 N–H and O–H groups in total. The Morgan fingerprint density at radius 1 is 1.10 bits per heavy atom. The summed E-state index contributed by atoms with van der Waals surface area (Å²) in [5.41, 5.74) is 5.04. The normalized spacial score (nSPS) is 12.1. The highest BCUT2D eigenvalue weighted by Gasteiger charge is 2.09. The summed E-state index contributed by atoms with van der Waals surface area (Å²) in [6.45, 7) is 4.56. The molecule has 0 amide bonds. The first-order valence-electron chi connectivity index (χ1n) is 7.76. The maximum absolute atomic E-state index is 8.94. The molecule has 21 heavy (non-hydrogen) atoms. The van der Waals surface area contributed by atoms with Crippen molar-refractivity contribution in [2.24, 2.45) is 0 Å². The van der Waals surface area contributed by atoms with Gasteiger partial charge in [-0.2, -0.15) is 0 Å². The second-order valence-corrected chi connectivity index (χ2v) is 5.54. The predicted molar refractivity (Wildman–Crippen MR) is 89.7 cm³/mol. The summed E-state index contributed by atoms with van der Waals surface area (Å²) in [5, 5.41) is 12.6. The average Bonchev–Trinajstić information content (AvgIpc) is 2.52. The van der Waals surface area contributed by atoms with E-state index in [-0.39, 0.29) is 6.61 Å². The third kappa shape index (κ3) is 4.61. The number of benzene rings is 2. The van der Waals surface area contributed by atoms with Gasteiger partial charge in [-0.3, -0.25) is 0 Å². The fraction of sp³-hybridized carbons (Fsp3) is 0.368. The molecule has 0 aliphatic heterocycles. The van der Waals surface area contributed by atoms with Crippen LogP contribution in [0.1, 0.15) is 42.5 Å². The van der Waals surface area contributed by atoms with Crippen molar-refractivity contribution in [1.82, 2.24) is 0 Å². The number of aliphatic hydroxyl groups excluding tert-OH is 1. The van der Waals surface area contributed by atoms with Crippen LogP contribution in [-0.2, 0) is 6.42 Å². The Balaban J connectivity index is 2.09. The minimum absolute atomic E-state index is 0.249. The maximum atomic E-state index is 8.94. The van der Waals surface area contributed by atoms with E-state index in [9.17, 15) is 0 Å². The van der Waals surface area contributed by atoms with Gasteiger partial charge in [0.1, 0.15) is 0 Å². The van der Waals surface area contributed by atoms with Crippen molar-refractivity contribution < 1.29 is 5.11 Å². The number of anilines is 1. The van der Waals surface area contributed by atoms with Crippen LogP contribution in [0.5, 0.6) is 0 Å². The number of aryl methyl sites for hydroxylation is 2. The van der Waals surface area contributed by atoms with Crippen LogP contribution in [-0.4, -0.2) is 11.7 Å². The lowest BCUT2D eigenvalue weighted by Gasteiger charge is -2.19. The summed E-state index contributed by atoms with van der Waals surface area (Å²) >= 11 is 0. The summed E-state index contributed by atoms with van der Waals surface area (Å²) in [6, 6.07) is 17.6. The van der Waals surface area contributed by atoms with Gasteiger partial charge < -0.3 is 10.4 Å². The molecule has 112 valence electrons. The Bertz CT molecular complexity index is 548. The SMILES string of the molecule is CCC(Nc1cccc(CCCO)c1)c1ccc(C)cc1. The van der Waals surface area contributed by atoms with Crippen LogP contribution in [0.3, 0.4) is 0 Å². The van der Waals surface area contributed by atoms with E-state index in [1.165, 1.54) is 16.7 Å². The molecule has 0 radical (unpaired) electrons. The number of hydrogen-bond acceptors (Lipinski definition) is 2. The van der Waals surface area contributed by atoms with Crippen molar-refractivity contribution in [3.8, 4) is 0 Å². The zero-order valence-corrected chi connectivity index (χ0v) is 13.0. The third-order valence-electron chi connectivity index (χ3n) is 3.78. The molecule has 0 spiro atoms. The van der Waals surface area contributed by atoms with Gasteiger partial charge in [-0.15, -0.1) is 0 Å². The van der Waals surface area contributed by atoms with E-state index >= 15 is 0 Å². The highest BCUT2D eigenvalue weighted by Crippen LogP contribution is 2.23. The Labute approximate surface area is 127 Å². The van der Waals surface area contributed by atoms with E-state index in [1.807, 2.05) is 0 Å². The molecule has 0 aliphatic carbocycles. The van der Waals surface area contributed by atoms with Gasteiger partial charge in [0.15, 0.2) is 0 Å². The highest BCUT2D eigenvalue weighted by atomic mass is 16.2. The van der Waals surface area contributed by atoms with E-state index in [1.54, 1.807) is 0 Å². The number of nitrogens with one attached hydrogen (secondary N) is 1. The summed E-state index contributed by atoms with van der Waals surface area (Å²) in [4.78, 5) is 0. The fourth-order valence-electron chi connectivity index (χ4n) is 2.52. The topological polar surface area (TPSA) is 32.3 Å². The van der Waals surface area contributed by atoms with Gasteiger partial charge in [0.25, 0.3) is 0 Å². The molecule has 2 aromatic carbocycles. The van der Waals surface area contributed by atoms with Crippen LogP contribution in [0.15, 0.2) is 48.5 Å². The minimum Gasteiger partial charge on any atom is -0.396 e. The maximum Gasteiger partial charge on any atom is 0.0511 e. The van der Waals surface area contributed by atoms with Gasteiger partial charge in [-0.25, -0.2) is 0 Å². The van der Waals surface area contributed by atoms with Gasteiger partial charge in [0.05, 0.1) is 6.04 Å². The van der Waals surface area contributed by atoms with Gasteiger partial charge >= 0.3 is 0 Å². The van der Waals surface area contributed by atoms with E-state index in [0.29, 0.717) is 6.04 Å². The van der Waals surface area contributed by atoms with E-state index < -0.39 is 0 Å².